The zero-order valence-corrected chi connectivity index (χ0v) is 12.4. The monoisotopic (exact) mass is 293 g/mol. The predicted octanol–water partition coefficient (Wildman–Crippen LogP) is 3.06. The van der Waals surface area contributed by atoms with E-state index >= 15 is 0 Å². The number of ketones is 1. The molecule has 22 heavy (non-hydrogen) atoms. The summed E-state index contributed by atoms with van der Waals surface area (Å²) < 4.78 is 0. The van der Waals surface area contributed by atoms with Crippen molar-refractivity contribution in [1.29, 1.82) is 0 Å². The number of Topliss-reactive ketones (excluding diaryl/α,β-unsaturated/α-hetero) is 1. The van der Waals surface area contributed by atoms with Crippen molar-refractivity contribution in [3.05, 3.63) is 83.9 Å². The first-order chi connectivity index (χ1) is 10.7. The van der Waals surface area contributed by atoms with E-state index in [1.807, 2.05) is 60.7 Å². The summed E-state index contributed by atoms with van der Waals surface area (Å²) in [5.74, 6) is -0.615. The molecule has 0 aliphatic carbocycles. The van der Waals surface area contributed by atoms with Crippen LogP contribution in [0.5, 0.6) is 0 Å². The number of hydrogen-bond acceptors (Lipinski definition) is 2. The van der Waals surface area contributed by atoms with Gasteiger partial charge in [0, 0.05) is 13.0 Å². The van der Waals surface area contributed by atoms with E-state index < -0.39 is 5.91 Å². The molecular formula is C19H19NO2. The number of rotatable bonds is 7. The number of amides is 1. The van der Waals surface area contributed by atoms with E-state index in [2.05, 4.69) is 11.9 Å². The zero-order chi connectivity index (χ0) is 15.8. The molecule has 3 nitrogen and oxygen atoms in total. The smallest absolute Gasteiger partial charge is 0.254 e. The summed E-state index contributed by atoms with van der Waals surface area (Å²) >= 11 is 0. The van der Waals surface area contributed by atoms with Crippen LogP contribution in [-0.4, -0.2) is 11.7 Å². The van der Waals surface area contributed by atoms with Gasteiger partial charge in [-0.3, -0.25) is 9.59 Å². The molecule has 0 atom stereocenters. The van der Waals surface area contributed by atoms with Gasteiger partial charge in [0.15, 0.2) is 5.78 Å². The van der Waals surface area contributed by atoms with E-state index in [0.29, 0.717) is 19.4 Å². The molecule has 0 unspecified atom stereocenters. The summed E-state index contributed by atoms with van der Waals surface area (Å²) in [6, 6.07) is 19.3. The molecule has 2 aromatic rings. The van der Waals surface area contributed by atoms with Gasteiger partial charge in [0.1, 0.15) is 0 Å². The van der Waals surface area contributed by atoms with Crippen LogP contribution in [0.2, 0.25) is 0 Å². The predicted molar refractivity (Wildman–Crippen MR) is 87.2 cm³/mol. The first kappa shape index (κ1) is 15.7. The minimum absolute atomic E-state index is 0.0202. The van der Waals surface area contributed by atoms with E-state index in [1.165, 1.54) is 0 Å². The van der Waals surface area contributed by atoms with Gasteiger partial charge in [0.05, 0.1) is 5.57 Å². The third kappa shape index (κ3) is 4.70. The molecule has 0 bridgehead atoms. The van der Waals surface area contributed by atoms with Crippen LogP contribution in [0.1, 0.15) is 17.5 Å². The zero-order valence-electron chi connectivity index (χ0n) is 12.4. The minimum Gasteiger partial charge on any atom is -0.348 e. The van der Waals surface area contributed by atoms with Crippen LogP contribution in [0.4, 0.5) is 0 Å². The molecule has 0 heterocycles. The Bertz CT molecular complexity index is 590. The summed E-state index contributed by atoms with van der Waals surface area (Å²) in [7, 11) is 0. The Hall–Kier alpha value is -2.68. The average Bonchev–Trinajstić information content (AvgIpc) is 2.58. The molecule has 2 aromatic carbocycles. The number of hydrogen-bond donors (Lipinski definition) is 1. The summed E-state index contributed by atoms with van der Waals surface area (Å²) in [6.07, 6.45) is 0.909. The summed E-state index contributed by atoms with van der Waals surface area (Å²) in [5.41, 5.74) is 2.08. The number of nitrogens with one attached hydrogen (secondary N) is 1. The topological polar surface area (TPSA) is 46.2 Å². The Morgan fingerprint density at radius 1 is 0.864 bits per heavy atom. The van der Waals surface area contributed by atoms with E-state index in [9.17, 15) is 9.59 Å². The highest BCUT2D eigenvalue weighted by Crippen LogP contribution is 2.07. The fourth-order valence-electron chi connectivity index (χ4n) is 2.06. The quantitative estimate of drug-likeness (QED) is 0.484. The van der Waals surface area contributed by atoms with Crippen LogP contribution in [-0.2, 0) is 22.6 Å². The van der Waals surface area contributed by atoms with Crippen LogP contribution >= 0.6 is 0 Å². The van der Waals surface area contributed by atoms with Crippen LogP contribution in [0.25, 0.3) is 0 Å². The maximum absolute atomic E-state index is 12.0. The van der Waals surface area contributed by atoms with Gasteiger partial charge in [0.25, 0.3) is 5.91 Å². The third-order valence-electron chi connectivity index (χ3n) is 3.39. The van der Waals surface area contributed by atoms with Crippen molar-refractivity contribution in [2.45, 2.75) is 19.4 Å². The first-order valence-corrected chi connectivity index (χ1v) is 7.25. The highest BCUT2D eigenvalue weighted by atomic mass is 16.2. The maximum atomic E-state index is 12.0. The molecule has 0 fully saturated rings. The fraction of sp³-hybridized carbons (Fsp3) is 0.158. The summed E-state index contributed by atoms with van der Waals surface area (Å²) in [5, 5.41) is 2.72. The van der Waals surface area contributed by atoms with E-state index in [-0.39, 0.29) is 11.4 Å². The van der Waals surface area contributed by atoms with Crippen molar-refractivity contribution in [2.24, 2.45) is 0 Å². The molecule has 112 valence electrons. The van der Waals surface area contributed by atoms with Crippen molar-refractivity contribution >= 4 is 11.7 Å². The second kappa shape index (κ2) is 7.93. The van der Waals surface area contributed by atoms with Crippen molar-refractivity contribution in [1.82, 2.24) is 5.32 Å². The van der Waals surface area contributed by atoms with Gasteiger partial charge in [-0.25, -0.2) is 0 Å². The lowest BCUT2D eigenvalue weighted by atomic mass is 10.0. The molecular weight excluding hydrogens is 274 g/mol. The summed E-state index contributed by atoms with van der Waals surface area (Å²) in [6.45, 7) is 4.01. The first-order valence-electron chi connectivity index (χ1n) is 7.25. The molecule has 0 aliphatic rings. The lowest BCUT2D eigenvalue weighted by molar-refractivity contribution is -0.122. The third-order valence-corrected chi connectivity index (χ3v) is 3.39. The second-order valence-electron chi connectivity index (χ2n) is 5.06. The average molecular weight is 293 g/mol. The molecule has 1 N–H and O–H groups in total. The highest BCUT2D eigenvalue weighted by Gasteiger charge is 2.15. The number of carbonyl (C=O) groups is 2. The Kier molecular flexibility index (Phi) is 5.66. The van der Waals surface area contributed by atoms with Crippen LogP contribution in [0.3, 0.4) is 0 Å². The van der Waals surface area contributed by atoms with E-state index in [1.54, 1.807) is 0 Å². The van der Waals surface area contributed by atoms with Crippen LogP contribution < -0.4 is 5.32 Å². The Balaban J connectivity index is 1.80. The van der Waals surface area contributed by atoms with Gasteiger partial charge in [0.2, 0.25) is 0 Å². The van der Waals surface area contributed by atoms with Gasteiger partial charge in [-0.1, -0.05) is 67.2 Å². The SMILES string of the molecule is C=C(C(=O)CCc1ccccc1)C(=O)NCc1ccccc1. The number of aryl methyl sites for hydroxylation is 1. The molecule has 0 spiro atoms. The standard InChI is InChI=1S/C19H19NO2/c1-15(18(21)13-12-16-8-4-2-5-9-16)19(22)20-14-17-10-6-3-7-11-17/h2-11H,1,12-14H2,(H,20,22). The van der Waals surface area contributed by atoms with Gasteiger partial charge in [-0.05, 0) is 17.5 Å². The number of benzene rings is 2. The van der Waals surface area contributed by atoms with Crippen molar-refractivity contribution in [3.8, 4) is 0 Å². The van der Waals surface area contributed by atoms with E-state index in [0.717, 1.165) is 11.1 Å². The second-order valence-corrected chi connectivity index (χ2v) is 5.06. The molecule has 3 heteroatoms. The van der Waals surface area contributed by atoms with Gasteiger partial charge < -0.3 is 5.32 Å². The van der Waals surface area contributed by atoms with Crippen LogP contribution in [0, 0.1) is 0 Å². The molecule has 0 aromatic heterocycles. The van der Waals surface area contributed by atoms with Gasteiger partial charge in [-0.15, -0.1) is 0 Å². The Morgan fingerprint density at radius 2 is 1.41 bits per heavy atom. The molecule has 1 amide bonds. The van der Waals surface area contributed by atoms with E-state index in [4.69, 9.17) is 0 Å². The molecule has 2 rings (SSSR count). The van der Waals surface area contributed by atoms with Crippen LogP contribution in [0.15, 0.2) is 72.8 Å². The van der Waals surface area contributed by atoms with Crippen molar-refractivity contribution in [2.75, 3.05) is 0 Å². The lowest BCUT2D eigenvalue weighted by Gasteiger charge is -2.07. The Labute approximate surface area is 130 Å². The minimum atomic E-state index is -0.401. The van der Waals surface area contributed by atoms with Gasteiger partial charge >= 0.3 is 0 Å². The summed E-state index contributed by atoms with van der Waals surface area (Å²) in [4.78, 5) is 23.9. The molecule has 0 radical (unpaired) electrons. The molecule has 0 aliphatic heterocycles. The lowest BCUT2D eigenvalue weighted by Crippen LogP contribution is -2.27. The normalized spacial score (nSPS) is 10.0. The van der Waals surface area contributed by atoms with Crippen molar-refractivity contribution in [3.63, 3.8) is 0 Å². The molecule has 0 saturated heterocycles. The largest absolute Gasteiger partial charge is 0.348 e. The van der Waals surface area contributed by atoms with Gasteiger partial charge in [-0.2, -0.15) is 0 Å². The van der Waals surface area contributed by atoms with Crippen molar-refractivity contribution < 1.29 is 9.59 Å². The highest BCUT2D eigenvalue weighted by molar-refractivity contribution is 6.18. The Morgan fingerprint density at radius 3 is 2.00 bits per heavy atom. The fourth-order valence-corrected chi connectivity index (χ4v) is 2.06. The molecule has 0 saturated carbocycles. The number of carbonyl (C=O) groups excluding carboxylic acids is 2. The maximum Gasteiger partial charge on any atom is 0.254 e.